The van der Waals surface area contributed by atoms with Crippen LogP contribution in [0, 0.1) is 0 Å². The number of aliphatic carboxylic acids is 1. The van der Waals surface area contributed by atoms with Crippen LogP contribution < -0.4 is 5.32 Å². The van der Waals surface area contributed by atoms with Crippen molar-refractivity contribution >= 4 is 28.2 Å². The average molecular weight is 253 g/mol. The summed E-state index contributed by atoms with van der Waals surface area (Å²) in [7, 11) is 0. The van der Waals surface area contributed by atoms with Crippen molar-refractivity contribution in [1.29, 1.82) is 0 Å². The van der Waals surface area contributed by atoms with Crippen LogP contribution in [-0.4, -0.2) is 32.9 Å². The highest BCUT2D eigenvalue weighted by molar-refractivity contribution is 7.15. The van der Waals surface area contributed by atoms with Crippen LogP contribution in [0.5, 0.6) is 0 Å². The van der Waals surface area contributed by atoms with Crippen LogP contribution in [0.3, 0.4) is 0 Å². The third kappa shape index (κ3) is 3.04. The van der Waals surface area contributed by atoms with Crippen molar-refractivity contribution in [2.75, 3.05) is 6.54 Å². The first-order valence-corrected chi connectivity index (χ1v) is 5.92. The van der Waals surface area contributed by atoms with Crippen LogP contribution in [0.15, 0.2) is 17.8 Å². The van der Waals surface area contributed by atoms with Crippen LogP contribution in [-0.2, 0) is 16.0 Å². The number of rotatable bonds is 5. The molecule has 0 radical (unpaired) electrons. The number of fused-ring (bicyclic) bond motifs is 1. The molecule has 2 heterocycles. The number of carboxylic acid groups (broad SMARTS) is 1. The predicted octanol–water partition coefficient (Wildman–Crippen LogP) is 0.529. The summed E-state index contributed by atoms with van der Waals surface area (Å²) < 4.78 is 1.85. The lowest BCUT2D eigenvalue weighted by atomic mass is 10.3. The minimum atomic E-state index is -0.923. The molecule has 2 aromatic rings. The van der Waals surface area contributed by atoms with Gasteiger partial charge in [0.25, 0.3) is 0 Å². The van der Waals surface area contributed by atoms with Gasteiger partial charge in [-0.1, -0.05) is 0 Å². The zero-order chi connectivity index (χ0) is 12.3. The van der Waals surface area contributed by atoms with E-state index in [2.05, 4.69) is 10.3 Å². The molecular formula is C10H11N3O3S. The predicted molar refractivity (Wildman–Crippen MR) is 62.0 cm³/mol. The molecule has 90 valence electrons. The van der Waals surface area contributed by atoms with E-state index in [1.54, 1.807) is 6.20 Å². The van der Waals surface area contributed by atoms with Gasteiger partial charge >= 0.3 is 5.97 Å². The van der Waals surface area contributed by atoms with E-state index in [9.17, 15) is 9.59 Å². The number of carbonyl (C=O) groups is 2. The van der Waals surface area contributed by atoms with Gasteiger partial charge in [0.15, 0.2) is 4.96 Å². The molecule has 0 fully saturated rings. The minimum Gasteiger partial charge on any atom is -0.481 e. The fourth-order valence-corrected chi connectivity index (χ4v) is 2.12. The number of imidazole rings is 1. The second-order valence-electron chi connectivity index (χ2n) is 3.50. The van der Waals surface area contributed by atoms with Gasteiger partial charge in [-0.3, -0.25) is 14.0 Å². The molecule has 0 spiro atoms. The third-order valence-electron chi connectivity index (χ3n) is 2.15. The Kier molecular flexibility index (Phi) is 3.38. The second kappa shape index (κ2) is 4.96. The molecule has 0 saturated heterocycles. The van der Waals surface area contributed by atoms with Gasteiger partial charge in [0.05, 0.1) is 18.5 Å². The summed E-state index contributed by atoms with van der Waals surface area (Å²) in [4.78, 5) is 26.8. The van der Waals surface area contributed by atoms with Crippen molar-refractivity contribution in [3.05, 3.63) is 23.5 Å². The lowest BCUT2D eigenvalue weighted by Gasteiger charge is -2.00. The molecule has 17 heavy (non-hydrogen) atoms. The number of aromatic nitrogens is 2. The van der Waals surface area contributed by atoms with Gasteiger partial charge in [0, 0.05) is 24.3 Å². The van der Waals surface area contributed by atoms with Crippen molar-refractivity contribution < 1.29 is 14.7 Å². The largest absolute Gasteiger partial charge is 0.481 e. The van der Waals surface area contributed by atoms with E-state index in [-0.39, 0.29) is 25.3 Å². The molecule has 7 heteroatoms. The minimum absolute atomic E-state index is 0.0655. The fraction of sp³-hybridized carbons (Fsp3) is 0.300. The zero-order valence-electron chi connectivity index (χ0n) is 8.92. The van der Waals surface area contributed by atoms with Gasteiger partial charge in [0.2, 0.25) is 5.91 Å². The molecule has 6 nitrogen and oxygen atoms in total. The maximum atomic E-state index is 11.4. The molecule has 2 rings (SSSR count). The molecule has 0 aliphatic rings. The normalized spacial score (nSPS) is 10.6. The topological polar surface area (TPSA) is 83.7 Å². The van der Waals surface area contributed by atoms with Crippen molar-refractivity contribution in [2.24, 2.45) is 0 Å². The summed E-state index contributed by atoms with van der Waals surface area (Å²) in [6, 6.07) is 0. The number of nitrogens with zero attached hydrogens (tertiary/aromatic N) is 2. The van der Waals surface area contributed by atoms with E-state index in [0.717, 1.165) is 4.96 Å². The summed E-state index contributed by atoms with van der Waals surface area (Å²) in [6.07, 6.45) is 3.78. The van der Waals surface area contributed by atoms with Crippen LogP contribution in [0.25, 0.3) is 4.96 Å². The van der Waals surface area contributed by atoms with Crippen molar-refractivity contribution in [3.63, 3.8) is 0 Å². The fourth-order valence-electron chi connectivity index (χ4n) is 1.40. The standard InChI is InChI=1S/C10H11N3O3S/c14-8(11-2-1-9(15)16)5-7-6-13-3-4-17-10(13)12-7/h3-4,6H,1-2,5H2,(H,11,14)(H,15,16). The van der Waals surface area contributed by atoms with E-state index in [1.807, 2.05) is 16.0 Å². The molecule has 1 amide bonds. The first kappa shape index (κ1) is 11.6. The number of carbonyl (C=O) groups excluding carboxylic acids is 1. The van der Waals surface area contributed by atoms with Crippen molar-refractivity contribution in [1.82, 2.24) is 14.7 Å². The number of hydrogen-bond acceptors (Lipinski definition) is 4. The molecule has 0 atom stereocenters. The van der Waals surface area contributed by atoms with Crippen LogP contribution >= 0.6 is 11.3 Å². The Hall–Kier alpha value is -1.89. The smallest absolute Gasteiger partial charge is 0.305 e. The number of nitrogens with one attached hydrogen (secondary N) is 1. The number of thiazole rings is 1. The highest BCUT2D eigenvalue weighted by atomic mass is 32.1. The second-order valence-corrected chi connectivity index (χ2v) is 4.37. The molecule has 0 aliphatic heterocycles. The maximum Gasteiger partial charge on any atom is 0.305 e. The van der Waals surface area contributed by atoms with E-state index in [4.69, 9.17) is 5.11 Å². The molecule has 0 bridgehead atoms. The summed E-state index contributed by atoms with van der Waals surface area (Å²) >= 11 is 1.50. The Bertz CT molecular complexity index is 517. The molecule has 0 saturated carbocycles. The van der Waals surface area contributed by atoms with Gasteiger partial charge in [-0.2, -0.15) is 0 Å². The summed E-state index contributed by atoms with van der Waals surface area (Å²) in [5, 5.41) is 12.9. The van der Waals surface area contributed by atoms with E-state index < -0.39 is 5.97 Å². The molecular weight excluding hydrogens is 242 g/mol. The Labute approximate surface area is 101 Å². The Morgan fingerprint density at radius 3 is 3.06 bits per heavy atom. The van der Waals surface area contributed by atoms with E-state index in [1.165, 1.54) is 11.3 Å². The monoisotopic (exact) mass is 253 g/mol. The van der Waals surface area contributed by atoms with E-state index >= 15 is 0 Å². The highest BCUT2D eigenvalue weighted by Gasteiger charge is 2.08. The number of hydrogen-bond donors (Lipinski definition) is 2. The van der Waals surface area contributed by atoms with Gasteiger partial charge in [-0.05, 0) is 0 Å². The van der Waals surface area contributed by atoms with Crippen LogP contribution in [0.4, 0.5) is 0 Å². The molecule has 0 unspecified atom stereocenters. The lowest BCUT2D eigenvalue weighted by Crippen LogP contribution is -2.27. The SMILES string of the molecule is O=C(O)CCNC(=O)Cc1cn2ccsc2n1. The maximum absolute atomic E-state index is 11.4. The van der Waals surface area contributed by atoms with Crippen LogP contribution in [0.2, 0.25) is 0 Å². The summed E-state index contributed by atoms with van der Waals surface area (Å²) in [5.74, 6) is -1.13. The summed E-state index contributed by atoms with van der Waals surface area (Å²) in [5.41, 5.74) is 0.685. The first-order valence-electron chi connectivity index (χ1n) is 5.05. The first-order chi connectivity index (χ1) is 8.15. The van der Waals surface area contributed by atoms with Crippen molar-refractivity contribution in [2.45, 2.75) is 12.8 Å². The van der Waals surface area contributed by atoms with Gasteiger partial charge in [-0.15, -0.1) is 11.3 Å². The molecule has 0 aromatic carbocycles. The molecule has 2 aromatic heterocycles. The van der Waals surface area contributed by atoms with E-state index in [0.29, 0.717) is 5.69 Å². The molecule has 0 aliphatic carbocycles. The van der Waals surface area contributed by atoms with Crippen LogP contribution in [0.1, 0.15) is 12.1 Å². The van der Waals surface area contributed by atoms with Gasteiger partial charge in [-0.25, -0.2) is 4.98 Å². The Balaban J connectivity index is 1.86. The average Bonchev–Trinajstić information content (AvgIpc) is 2.76. The third-order valence-corrected chi connectivity index (χ3v) is 2.92. The number of carboxylic acids is 1. The van der Waals surface area contributed by atoms with Crippen molar-refractivity contribution in [3.8, 4) is 0 Å². The Morgan fingerprint density at radius 1 is 1.53 bits per heavy atom. The summed E-state index contributed by atoms with van der Waals surface area (Å²) in [6.45, 7) is 0.149. The quantitative estimate of drug-likeness (QED) is 0.814. The highest BCUT2D eigenvalue weighted by Crippen LogP contribution is 2.11. The molecule has 2 N–H and O–H groups in total. The van der Waals surface area contributed by atoms with Gasteiger partial charge in [0.1, 0.15) is 0 Å². The lowest BCUT2D eigenvalue weighted by molar-refractivity contribution is -0.136. The Morgan fingerprint density at radius 2 is 2.35 bits per heavy atom. The number of amides is 1. The zero-order valence-corrected chi connectivity index (χ0v) is 9.74. The van der Waals surface area contributed by atoms with Gasteiger partial charge < -0.3 is 10.4 Å².